The van der Waals surface area contributed by atoms with Gasteiger partial charge in [-0.3, -0.25) is 9.78 Å². The van der Waals surface area contributed by atoms with Crippen LogP contribution in [0.25, 0.3) is 0 Å². The van der Waals surface area contributed by atoms with E-state index in [0.29, 0.717) is 24.3 Å². The zero-order valence-electron chi connectivity index (χ0n) is 5.91. The molecule has 0 radical (unpaired) electrons. The lowest BCUT2D eigenvalue weighted by atomic mass is 10.1. The maximum Gasteiger partial charge on any atom is 0.170 e. The minimum absolute atomic E-state index is 0.147. The van der Waals surface area contributed by atoms with E-state index < -0.39 is 0 Å². The molecule has 2 heterocycles. The number of nitrogens with zero attached hydrogens (tertiary/aromatic N) is 1. The van der Waals surface area contributed by atoms with Crippen molar-refractivity contribution in [2.45, 2.75) is 6.42 Å². The normalized spacial score (nSPS) is 15.5. The second kappa shape index (κ2) is 2.34. The number of pyridine rings is 1. The van der Waals surface area contributed by atoms with Crippen molar-refractivity contribution >= 4 is 5.78 Å². The number of ketones is 1. The summed E-state index contributed by atoms with van der Waals surface area (Å²) in [5.41, 5.74) is 0.659. The van der Waals surface area contributed by atoms with Gasteiger partial charge in [0.15, 0.2) is 5.78 Å². The van der Waals surface area contributed by atoms with Gasteiger partial charge in [-0.25, -0.2) is 0 Å². The number of fused-ring (bicyclic) bond motifs is 1. The fourth-order valence-electron chi connectivity index (χ4n) is 1.11. The molecule has 0 unspecified atom stereocenters. The van der Waals surface area contributed by atoms with E-state index in [-0.39, 0.29) is 5.78 Å². The molecule has 0 amide bonds. The van der Waals surface area contributed by atoms with E-state index in [1.165, 1.54) is 0 Å². The van der Waals surface area contributed by atoms with Crippen LogP contribution in [0.5, 0.6) is 5.75 Å². The Balaban J connectivity index is 2.52. The fourth-order valence-corrected chi connectivity index (χ4v) is 1.11. The van der Waals surface area contributed by atoms with Gasteiger partial charge >= 0.3 is 0 Å². The Labute approximate surface area is 64.0 Å². The number of carbonyl (C=O) groups excluding carboxylic acids is 1. The molecule has 0 spiro atoms. The van der Waals surface area contributed by atoms with Gasteiger partial charge in [0.1, 0.15) is 5.75 Å². The predicted molar refractivity (Wildman–Crippen MR) is 38.7 cm³/mol. The van der Waals surface area contributed by atoms with Gasteiger partial charge in [0, 0.05) is 12.6 Å². The summed E-state index contributed by atoms with van der Waals surface area (Å²) >= 11 is 0. The lowest BCUT2D eigenvalue weighted by Gasteiger charge is -2.14. The van der Waals surface area contributed by atoms with Crippen molar-refractivity contribution in [2.24, 2.45) is 0 Å². The van der Waals surface area contributed by atoms with Crippen molar-refractivity contribution in [2.75, 3.05) is 6.61 Å². The molecule has 1 aliphatic heterocycles. The summed E-state index contributed by atoms with van der Waals surface area (Å²) in [6, 6.07) is 1.69. The Morgan fingerprint density at radius 3 is 3.27 bits per heavy atom. The average Bonchev–Trinajstić information content (AvgIpc) is 2.06. The zero-order chi connectivity index (χ0) is 7.68. The van der Waals surface area contributed by atoms with Gasteiger partial charge in [-0.15, -0.1) is 0 Å². The first-order chi connectivity index (χ1) is 5.38. The molecule has 3 heteroatoms. The molecular weight excluding hydrogens is 142 g/mol. The molecule has 1 aromatic rings. The summed E-state index contributed by atoms with van der Waals surface area (Å²) in [6.45, 7) is 0.484. The fraction of sp³-hybridized carbons (Fsp3) is 0.250. The van der Waals surface area contributed by atoms with E-state index in [1.807, 2.05) is 0 Å². The van der Waals surface area contributed by atoms with Crippen molar-refractivity contribution in [3.8, 4) is 5.75 Å². The number of aromatic nitrogens is 1. The molecule has 0 bridgehead atoms. The van der Waals surface area contributed by atoms with Gasteiger partial charge in [-0.1, -0.05) is 0 Å². The van der Waals surface area contributed by atoms with Crippen LogP contribution in [-0.2, 0) is 0 Å². The number of rotatable bonds is 0. The van der Waals surface area contributed by atoms with Crippen molar-refractivity contribution in [3.05, 3.63) is 24.0 Å². The first-order valence-electron chi connectivity index (χ1n) is 3.48. The minimum atomic E-state index is 0.147. The molecule has 0 N–H and O–H groups in total. The number of ether oxygens (including phenoxy) is 1. The van der Waals surface area contributed by atoms with Crippen LogP contribution in [0.3, 0.4) is 0 Å². The number of hydrogen-bond acceptors (Lipinski definition) is 3. The molecular formula is C8H7NO2. The van der Waals surface area contributed by atoms with Crippen LogP contribution >= 0.6 is 0 Å². The van der Waals surface area contributed by atoms with Gasteiger partial charge in [0.2, 0.25) is 0 Å². The van der Waals surface area contributed by atoms with Gasteiger partial charge in [-0.05, 0) is 6.07 Å². The topological polar surface area (TPSA) is 39.2 Å². The zero-order valence-corrected chi connectivity index (χ0v) is 5.91. The molecule has 3 nitrogen and oxygen atoms in total. The highest BCUT2D eigenvalue weighted by Crippen LogP contribution is 2.21. The molecule has 0 saturated carbocycles. The van der Waals surface area contributed by atoms with Gasteiger partial charge < -0.3 is 4.74 Å². The summed E-state index contributed by atoms with van der Waals surface area (Å²) in [7, 11) is 0. The third-order valence-electron chi connectivity index (χ3n) is 1.67. The van der Waals surface area contributed by atoms with Crippen LogP contribution in [0.1, 0.15) is 16.8 Å². The number of hydrogen-bond donors (Lipinski definition) is 0. The first kappa shape index (κ1) is 6.34. The molecule has 0 atom stereocenters. The molecule has 11 heavy (non-hydrogen) atoms. The predicted octanol–water partition coefficient (Wildman–Crippen LogP) is 1.05. The number of carbonyl (C=O) groups is 1. The highest BCUT2D eigenvalue weighted by molar-refractivity contribution is 5.99. The Morgan fingerprint density at radius 2 is 2.45 bits per heavy atom. The van der Waals surface area contributed by atoms with E-state index in [0.717, 1.165) is 0 Å². The molecule has 2 rings (SSSR count). The van der Waals surface area contributed by atoms with E-state index in [4.69, 9.17) is 4.74 Å². The Bertz CT molecular complexity index is 296. The van der Waals surface area contributed by atoms with Crippen LogP contribution < -0.4 is 4.74 Å². The summed E-state index contributed by atoms with van der Waals surface area (Å²) < 4.78 is 5.21. The Kier molecular flexibility index (Phi) is 1.35. The first-order valence-corrected chi connectivity index (χ1v) is 3.48. The molecule has 0 aliphatic carbocycles. The highest BCUT2D eigenvalue weighted by atomic mass is 16.5. The lowest BCUT2D eigenvalue weighted by Crippen LogP contribution is -2.15. The lowest BCUT2D eigenvalue weighted by molar-refractivity contribution is 0.0933. The molecule has 56 valence electrons. The van der Waals surface area contributed by atoms with Crippen LogP contribution in [-0.4, -0.2) is 17.4 Å². The summed E-state index contributed by atoms with van der Waals surface area (Å²) in [5, 5.41) is 0. The molecule has 0 fully saturated rings. The monoisotopic (exact) mass is 149 g/mol. The van der Waals surface area contributed by atoms with Crippen molar-refractivity contribution in [1.29, 1.82) is 0 Å². The minimum Gasteiger partial charge on any atom is -0.491 e. The largest absolute Gasteiger partial charge is 0.491 e. The summed E-state index contributed by atoms with van der Waals surface area (Å²) in [6.07, 6.45) is 3.66. The van der Waals surface area contributed by atoms with E-state index in [1.54, 1.807) is 18.5 Å². The number of Topliss-reactive ketones (excluding diaryl/α,β-unsaturated/α-hetero) is 1. The van der Waals surface area contributed by atoms with Gasteiger partial charge in [0.25, 0.3) is 0 Å². The molecule has 0 aromatic carbocycles. The molecule has 1 aromatic heterocycles. The van der Waals surface area contributed by atoms with Crippen LogP contribution in [0, 0.1) is 0 Å². The maximum atomic E-state index is 11.2. The summed E-state index contributed by atoms with van der Waals surface area (Å²) in [5.74, 6) is 0.761. The summed E-state index contributed by atoms with van der Waals surface area (Å²) in [4.78, 5) is 15.0. The third-order valence-corrected chi connectivity index (χ3v) is 1.67. The van der Waals surface area contributed by atoms with Crippen molar-refractivity contribution < 1.29 is 9.53 Å². The molecule has 0 saturated heterocycles. The Hall–Kier alpha value is -1.38. The van der Waals surface area contributed by atoms with E-state index in [9.17, 15) is 4.79 Å². The second-order valence-electron chi connectivity index (χ2n) is 2.39. The van der Waals surface area contributed by atoms with Crippen molar-refractivity contribution in [1.82, 2.24) is 4.98 Å². The van der Waals surface area contributed by atoms with Crippen LogP contribution in [0.4, 0.5) is 0 Å². The Morgan fingerprint density at radius 1 is 1.55 bits per heavy atom. The average molecular weight is 149 g/mol. The smallest absolute Gasteiger partial charge is 0.170 e. The van der Waals surface area contributed by atoms with Crippen LogP contribution in [0.15, 0.2) is 18.5 Å². The maximum absolute atomic E-state index is 11.2. The quantitative estimate of drug-likeness (QED) is 0.553. The van der Waals surface area contributed by atoms with Gasteiger partial charge in [-0.2, -0.15) is 0 Å². The second-order valence-corrected chi connectivity index (χ2v) is 2.39. The SMILES string of the molecule is O=C1CCOc2cnccc21. The van der Waals surface area contributed by atoms with Crippen molar-refractivity contribution in [3.63, 3.8) is 0 Å². The molecule has 1 aliphatic rings. The third kappa shape index (κ3) is 0.981. The van der Waals surface area contributed by atoms with Crippen LogP contribution in [0.2, 0.25) is 0 Å². The van der Waals surface area contributed by atoms with E-state index >= 15 is 0 Å². The van der Waals surface area contributed by atoms with E-state index in [2.05, 4.69) is 4.98 Å². The standard InChI is InChI=1S/C8H7NO2/c10-7-2-4-11-8-5-9-3-1-6(7)8/h1,3,5H,2,4H2. The van der Waals surface area contributed by atoms with Gasteiger partial charge in [0.05, 0.1) is 18.4 Å². The highest BCUT2D eigenvalue weighted by Gasteiger charge is 2.16.